The van der Waals surface area contributed by atoms with Gasteiger partial charge in [0.1, 0.15) is 5.75 Å². The van der Waals surface area contributed by atoms with Crippen LogP contribution in [0, 0.1) is 0 Å². The van der Waals surface area contributed by atoms with Crippen molar-refractivity contribution in [2.45, 2.75) is 60.5 Å². The molecule has 2 bridgehead atoms. The van der Waals surface area contributed by atoms with E-state index in [0.29, 0.717) is 12.8 Å². The lowest BCUT2D eigenvalue weighted by molar-refractivity contribution is -0.360. The summed E-state index contributed by atoms with van der Waals surface area (Å²) in [5.41, 5.74) is -1.20. The Morgan fingerprint density at radius 3 is 1.96 bits per heavy atom. The molecule has 3 rings (SSSR count). The monoisotopic (exact) mass is 400 g/mol. The minimum atomic E-state index is -5.85. The quantitative estimate of drug-likeness (QED) is 0.789. The molecular weight excluding hydrogens is 383 g/mol. The van der Waals surface area contributed by atoms with Crippen LogP contribution in [0.1, 0.15) is 37.7 Å². The molecule has 2 aliphatic heterocycles. The van der Waals surface area contributed by atoms with Crippen molar-refractivity contribution >= 4 is 9.84 Å². The minimum absolute atomic E-state index is 0.0231. The van der Waals surface area contributed by atoms with E-state index >= 15 is 0 Å². The highest BCUT2D eigenvalue weighted by molar-refractivity contribution is 7.92. The van der Waals surface area contributed by atoms with Gasteiger partial charge in [-0.25, -0.2) is 8.42 Å². The molecule has 4 nitrogen and oxygen atoms in total. The highest BCUT2D eigenvalue weighted by Gasteiger charge is 2.61. The highest BCUT2D eigenvalue weighted by atomic mass is 32.2. The van der Waals surface area contributed by atoms with Crippen molar-refractivity contribution in [3.63, 3.8) is 0 Å². The molecule has 10 heteroatoms. The van der Waals surface area contributed by atoms with Crippen molar-refractivity contribution < 1.29 is 40.2 Å². The zero-order valence-corrected chi connectivity index (χ0v) is 14.3. The maximum absolute atomic E-state index is 12.9. The summed E-state index contributed by atoms with van der Waals surface area (Å²) in [6.45, 7) is 0. The molecule has 0 amide bonds. The lowest BCUT2D eigenvalue weighted by Crippen LogP contribution is -2.50. The van der Waals surface area contributed by atoms with Crippen LogP contribution in [0.2, 0.25) is 0 Å². The Bertz CT molecular complexity index is 753. The molecule has 2 aliphatic rings. The third-order valence-corrected chi connectivity index (χ3v) is 7.74. The van der Waals surface area contributed by atoms with Crippen molar-refractivity contribution in [1.82, 2.24) is 0 Å². The summed E-state index contributed by atoms with van der Waals surface area (Å²) in [7, 11) is -3.30. The Labute approximate surface area is 146 Å². The van der Waals surface area contributed by atoms with Gasteiger partial charge >= 0.3 is 12.3 Å². The summed E-state index contributed by atoms with van der Waals surface area (Å²) in [6, 6.07) is 4.20. The number of benzene rings is 1. The van der Waals surface area contributed by atoms with E-state index < -0.39 is 44.0 Å². The molecule has 2 unspecified atom stereocenters. The van der Waals surface area contributed by atoms with Crippen LogP contribution in [0.5, 0.6) is 5.75 Å². The fourth-order valence-corrected chi connectivity index (χ4v) is 6.27. The van der Waals surface area contributed by atoms with Crippen molar-refractivity contribution in [3.8, 4) is 5.75 Å². The van der Waals surface area contributed by atoms with Gasteiger partial charge in [-0.05, 0) is 43.4 Å². The number of hydrogen-bond acceptors (Lipinski definition) is 4. The average Bonchev–Trinajstić information content (AvgIpc) is 2.48. The van der Waals surface area contributed by atoms with Crippen molar-refractivity contribution in [2.75, 3.05) is 0 Å². The first-order valence-electron chi connectivity index (χ1n) is 8.04. The van der Waals surface area contributed by atoms with Crippen LogP contribution in [0.3, 0.4) is 0 Å². The van der Waals surface area contributed by atoms with E-state index in [-0.39, 0.29) is 18.4 Å². The number of hydrogen-bond donors (Lipinski definition) is 1. The van der Waals surface area contributed by atoms with Gasteiger partial charge < -0.3 is 9.84 Å². The van der Waals surface area contributed by atoms with Gasteiger partial charge in [-0.15, -0.1) is 0 Å². The molecule has 0 radical (unpaired) electrons. The highest BCUT2D eigenvalue weighted by Crippen LogP contribution is 2.46. The molecule has 1 N–H and O–H groups in total. The van der Waals surface area contributed by atoms with Gasteiger partial charge in [0.2, 0.25) is 0 Å². The smallest absolute Gasteiger partial charge is 0.426 e. The zero-order valence-electron chi connectivity index (χ0n) is 13.5. The summed E-state index contributed by atoms with van der Waals surface area (Å²) in [4.78, 5) is 0. The minimum Gasteiger partial charge on any atom is -0.426 e. The molecule has 2 fully saturated rings. The Balaban J connectivity index is 1.81. The number of sulfone groups is 1. The van der Waals surface area contributed by atoms with Crippen LogP contribution >= 0.6 is 0 Å². The number of rotatable bonds is 3. The van der Waals surface area contributed by atoms with Gasteiger partial charge in [0.05, 0.1) is 16.1 Å². The predicted molar refractivity (Wildman–Crippen MR) is 81.5 cm³/mol. The first kappa shape index (κ1) is 19.3. The Hall–Kier alpha value is -1.42. The summed E-state index contributed by atoms with van der Waals surface area (Å²) in [5.74, 6) is -0.705. The number of alkyl halides is 5. The molecule has 1 aromatic rings. The molecule has 1 aromatic carbocycles. The van der Waals surface area contributed by atoms with Crippen LogP contribution in [0.25, 0.3) is 0 Å². The second-order valence-electron chi connectivity index (χ2n) is 6.84. The van der Waals surface area contributed by atoms with E-state index in [9.17, 15) is 35.5 Å². The van der Waals surface area contributed by atoms with Gasteiger partial charge in [0.25, 0.3) is 0 Å². The summed E-state index contributed by atoms with van der Waals surface area (Å²) in [5, 5.41) is 9.55. The van der Waals surface area contributed by atoms with Crippen LogP contribution < -0.4 is 4.74 Å². The van der Waals surface area contributed by atoms with Crippen LogP contribution in [0.15, 0.2) is 24.3 Å². The molecule has 2 saturated heterocycles. The zero-order chi connectivity index (χ0) is 19.4. The van der Waals surface area contributed by atoms with Crippen molar-refractivity contribution in [1.29, 1.82) is 0 Å². The molecule has 0 saturated carbocycles. The van der Waals surface area contributed by atoms with E-state index in [4.69, 9.17) is 0 Å². The topological polar surface area (TPSA) is 63.6 Å². The van der Waals surface area contributed by atoms with E-state index in [1.807, 2.05) is 0 Å². The van der Waals surface area contributed by atoms with Gasteiger partial charge in [-0.3, -0.25) is 0 Å². The van der Waals surface area contributed by atoms with Gasteiger partial charge in [0, 0.05) is 0 Å². The predicted octanol–water partition coefficient (Wildman–Crippen LogP) is 3.54. The Morgan fingerprint density at radius 2 is 1.50 bits per heavy atom. The molecule has 0 aliphatic carbocycles. The van der Waals surface area contributed by atoms with Crippen molar-refractivity contribution in [2.24, 2.45) is 0 Å². The lowest BCUT2D eigenvalue weighted by atomic mass is 9.80. The molecular formula is C16H17F5O4S. The fraction of sp³-hybridized carbons (Fsp3) is 0.625. The third-order valence-electron chi connectivity index (χ3n) is 5.08. The van der Waals surface area contributed by atoms with Gasteiger partial charge in [0.15, 0.2) is 9.84 Å². The fourth-order valence-electron chi connectivity index (χ4n) is 3.72. The molecule has 0 spiro atoms. The van der Waals surface area contributed by atoms with Crippen LogP contribution in [-0.2, 0) is 15.4 Å². The SMILES string of the molecule is O=S1(=O)C2CCCC1CC(O)(c1ccc(OC(F)(F)C(F)(F)F)cc1)C2. The average molecular weight is 400 g/mol. The van der Waals surface area contributed by atoms with Crippen molar-refractivity contribution in [3.05, 3.63) is 29.8 Å². The summed E-state index contributed by atoms with van der Waals surface area (Å²) in [6.07, 6.45) is -9.58. The Morgan fingerprint density at radius 1 is 1.00 bits per heavy atom. The first-order valence-corrected chi connectivity index (χ1v) is 9.65. The second-order valence-corrected chi connectivity index (χ2v) is 9.36. The maximum atomic E-state index is 12.9. The molecule has 0 aromatic heterocycles. The number of fused-ring (bicyclic) bond motifs is 2. The molecule has 146 valence electrons. The summed E-state index contributed by atoms with van der Waals surface area (Å²) < 4.78 is 90.7. The van der Waals surface area contributed by atoms with E-state index in [1.54, 1.807) is 0 Å². The largest absolute Gasteiger partial charge is 0.499 e. The summed E-state index contributed by atoms with van der Waals surface area (Å²) >= 11 is 0. The normalized spacial score (nSPS) is 31.5. The molecule has 2 atom stereocenters. The lowest BCUT2D eigenvalue weighted by Gasteiger charge is -2.44. The standard InChI is InChI=1S/C16H17F5O4S/c17-15(18,19)16(20,21)25-11-6-4-10(5-7-11)14(22)8-12-2-1-3-13(9-14)26(12,23)24/h4-7,12-13,22H,1-3,8-9H2. The van der Waals surface area contributed by atoms with E-state index in [1.165, 1.54) is 12.1 Å². The second kappa shape index (κ2) is 6.05. The van der Waals surface area contributed by atoms with Crippen LogP contribution in [0.4, 0.5) is 22.0 Å². The number of ether oxygens (including phenoxy) is 1. The third kappa shape index (κ3) is 3.28. The Kier molecular flexibility index (Phi) is 4.50. The number of aliphatic hydroxyl groups is 1. The van der Waals surface area contributed by atoms with E-state index in [0.717, 1.165) is 18.6 Å². The molecule has 2 heterocycles. The van der Waals surface area contributed by atoms with Gasteiger partial charge in [-0.2, -0.15) is 22.0 Å². The first-order chi connectivity index (χ1) is 11.9. The van der Waals surface area contributed by atoms with Crippen LogP contribution in [-0.4, -0.2) is 36.3 Å². The van der Waals surface area contributed by atoms with E-state index in [2.05, 4.69) is 4.74 Å². The maximum Gasteiger partial charge on any atom is 0.499 e. The number of halogens is 5. The molecule has 26 heavy (non-hydrogen) atoms. The van der Waals surface area contributed by atoms with Gasteiger partial charge in [-0.1, -0.05) is 18.6 Å².